The Bertz CT molecular complexity index is 784. The zero-order chi connectivity index (χ0) is 16.9. The predicted molar refractivity (Wildman–Crippen MR) is 91.1 cm³/mol. The van der Waals surface area contributed by atoms with Gasteiger partial charge in [0.1, 0.15) is 0 Å². The number of sulfonamides is 1. The van der Waals surface area contributed by atoms with Crippen LogP contribution in [0.15, 0.2) is 53.4 Å². The van der Waals surface area contributed by atoms with Crippen molar-refractivity contribution >= 4 is 21.6 Å². The van der Waals surface area contributed by atoms with Crippen molar-refractivity contribution in [3.05, 3.63) is 59.7 Å². The Hall–Kier alpha value is -2.18. The first kappa shape index (κ1) is 17.2. The van der Waals surface area contributed by atoms with Crippen LogP contribution in [-0.2, 0) is 16.4 Å². The molecule has 0 aliphatic heterocycles. The van der Waals surface area contributed by atoms with Crippen molar-refractivity contribution in [1.82, 2.24) is 4.72 Å². The number of hydrogen-bond donors (Lipinski definition) is 2. The van der Waals surface area contributed by atoms with Crippen LogP contribution in [0.1, 0.15) is 29.8 Å². The summed E-state index contributed by atoms with van der Waals surface area (Å²) in [5.41, 5.74) is 2.26. The summed E-state index contributed by atoms with van der Waals surface area (Å²) in [7, 11) is -3.50. The number of benzene rings is 2. The first-order chi connectivity index (χ1) is 11.0. The third kappa shape index (κ3) is 4.40. The van der Waals surface area contributed by atoms with E-state index in [1.165, 1.54) is 24.3 Å². The van der Waals surface area contributed by atoms with Gasteiger partial charge in [-0.2, -0.15) is 0 Å². The Balaban J connectivity index is 2.14. The molecule has 0 saturated carbocycles. The maximum atomic E-state index is 12.2. The summed E-state index contributed by atoms with van der Waals surface area (Å²) >= 11 is 0. The molecule has 0 fully saturated rings. The Morgan fingerprint density at radius 3 is 2.35 bits per heavy atom. The molecule has 0 atom stereocenters. The third-order valence-electron chi connectivity index (χ3n) is 3.35. The Kier molecular flexibility index (Phi) is 5.52. The number of hydrogen-bond acceptors (Lipinski definition) is 3. The maximum absolute atomic E-state index is 12.2. The van der Waals surface area contributed by atoms with E-state index in [-0.39, 0.29) is 10.8 Å². The molecule has 6 heteroatoms. The van der Waals surface area contributed by atoms with Gasteiger partial charge in [0.25, 0.3) is 5.91 Å². The molecule has 0 bridgehead atoms. The minimum Gasteiger partial charge on any atom is -0.322 e. The summed E-state index contributed by atoms with van der Waals surface area (Å²) in [5, 5.41) is 2.81. The fourth-order valence-corrected chi connectivity index (χ4v) is 3.17. The van der Waals surface area contributed by atoms with Crippen LogP contribution in [0.3, 0.4) is 0 Å². The molecule has 0 heterocycles. The van der Waals surface area contributed by atoms with Crippen molar-refractivity contribution in [3.63, 3.8) is 0 Å². The van der Waals surface area contributed by atoms with Crippen molar-refractivity contribution in [2.75, 3.05) is 11.9 Å². The lowest BCUT2D eigenvalue weighted by Crippen LogP contribution is -2.23. The highest BCUT2D eigenvalue weighted by molar-refractivity contribution is 7.89. The second-order valence-electron chi connectivity index (χ2n) is 5.03. The van der Waals surface area contributed by atoms with Gasteiger partial charge in [-0.15, -0.1) is 0 Å². The summed E-state index contributed by atoms with van der Waals surface area (Å²) in [6.45, 7) is 4.08. The van der Waals surface area contributed by atoms with Gasteiger partial charge in [0, 0.05) is 17.8 Å². The summed E-state index contributed by atoms with van der Waals surface area (Å²) < 4.78 is 26.1. The van der Waals surface area contributed by atoms with Gasteiger partial charge in [-0.3, -0.25) is 4.79 Å². The maximum Gasteiger partial charge on any atom is 0.255 e. The fraction of sp³-hybridized carbons (Fsp3) is 0.235. The quantitative estimate of drug-likeness (QED) is 0.854. The molecule has 2 aromatic rings. The molecule has 0 unspecified atom stereocenters. The molecule has 23 heavy (non-hydrogen) atoms. The van der Waals surface area contributed by atoms with Gasteiger partial charge in [0.15, 0.2) is 0 Å². The fourth-order valence-electron chi connectivity index (χ4n) is 2.13. The molecule has 5 nitrogen and oxygen atoms in total. The molecule has 0 saturated heterocycles. The van der Waals surface area contributed by atoms with Gasteiger partial charge in [-0.1, -0.05) is 26.0 Å². The number of aryl methyl sites for hydroxylation is 1. The lowest BCUT2D eigenvalue weighted by molar-refractivity contribution is 0.102. The standard InChI is InChI=1S/C17H20N2O3S/c1-3-13-6-5-7-15(12-13)19-17(20)14-8-10-16(11-9-14)23(21,22)18-4-2/h5-12,18H,3-4H2,1-2H3,(H,19,20). The number of anilines is 1. The second-order valence-corrected chi connectivity index (χ2v) is 6.80. The SMILES string of the molecule is CCNS(=O)(=O)c1ccc(C(=O)Nc2cccc(CC)c2)cc1. The zero-order valence-electron chi connectivity index (χ0n) is 13.2. The first-order valence-corrected chi connectivity index (χ1v) is 8.94. The molecule has 0 aliphatic carbocycles. The van der Waals surface area contributed by atoms with Gasteiger partial charge in [-0.05, 0) is 48.4 Å². The van der Waals surface area contributed by atoms with E-state index in [0.29, 0.717) is 12.1 Å². The van der Waals surface area contributed by atoms with Gasteiger partial charge < -0.3 is 5.32 Å². The van der Waals surface area contributed by atoms with Crippen LogP contribution in [-0.4, -0.2) is 20.9 Å². The van der Waals surface area contributed by atoms with E-state index in [4.69, 9.17) is 0 Å². The van der Waals surface area contributed by atoms with Gasteiger partial charge in [-0.25, -0.2) is 13.1 Å². The van der Waals surface area contributed by atoms with Crippen LogP contribution in [0.5, 0.6) is 0 Å². The second kappa shape index (κ2) is 7.39. The predicted octanol–water partition coefficient (Wildman–Crippen LogP) is 2.80. The van der Waals surface area contributed by atoms with E-state index in [1.54, 1.807) is 6.92 Å². The van der Waals surface area contributed by atoms with Crippen LogP contribution >= 0.6 is 0 Å². The normalized spacial score (nSPS) is 11.2. The molecule has 2 rings (SSSR count). The molecule has 0 radical (unpaired) electrons. The van der Waals surface area contributed by atoms with Crippen molar-refractivity contribution in [1.29, 1.82) is 0 Å². The van der Waals surface area contributed by atoms with Crippen LogP contribution in [0, 0.1) is 0 Å². The van der Waals surface area contributed by atoms with Gasteiger partial charge in [0.05, 0.1) is 4.90 Å². The molecule has 0 aliphatic rings. The summed E-state index contributed by atoms with van der Waals surface area (Å²) in [6, 6.07) is 13.5. The zero-order valence-corrected chi connectivity index (χ0v) is 14.0. The molecule has 2 aromatic carbocycles. The first-order valence-electron chi connectivity index (χ1n) is 7.46. The monoisotopic (exact) mass is 332 g/mol. The van der Waals surface area contributed by atoms with Crippen LogP contribution in [0.2, 0.25) is 0 Å². The highest BCUT2D eigenvalue weighted by atomic mass is 32.2. The van der Waals surface area contributed by atoms with E-state index < -0.39 is 10.0 Å². The molecular formula is C17H20N2O3S. The minimum atomic E-state index is -3.50. The van der Waals surface area contributed by atoms with E-state index in [2.05, 4.69) is 10.0 Å². The average Bonchev–Trinajstić information content (AvgIpc) is 2.55. The van der Waals surface area contributed by atoms with Crippen molar-refractivity contribution in [2.45, 2.75) is 25.2 Å². The van der Waals surface area contributed by atoms with Crippen molar-refractivity contribution in [2.24, 2.45) is 0 Å². The number of carbonyl (C=O) groups excluding carboxylic acids is 1. The largest absolute Gasteiger partial charge is 0.322 e. The summed E-state index contributed by atoms with van der Waals surface area (Å²) in [6.07, 6.45) is 0.890. The van der Waals surface area contributed by atoms with E-state index >= 15 is 0 Å². The lowest BCUT2D eigenvalue weighted by Gasteiger charge is -2.08. The Morgan fingerprint density at radius 1 is 1.04 bits per heavy atom. The number of carbonyl (C=O) groups is 1. The van der Waals surface area contributed by atoms with Crippen LogP contribution < -0.4 is 10.0 Å². The summed E-state index contributed by atoms with van der Waals surface area (Å²) in [4.78, 5) is 12.4. The molecule has 122 valence electrons. The molecular weight excluding hydrogens is 312 g/mol. The topological polar surface area (TPSA) is 75.3 Å². The lowest BCUT2D eigenvalue weighted by atomic mass is 10.1. The Morgan fingerprint density at radius 2 is 1.74 bits per heavy atom. The number of amides is 1. The van der Waals surface area contributed by atoms with Gasteiger partial charge >= 0.3 is 0 Å². The van der Waals surface area contributed by atoms with Gasteiger partial charge in [0.2, 0.25) is 10.0 Å². The molecule has 0 aromatic heterocycles. The highest BCUT2D eigenvalue weighted by Gasteiger charge is 2.13. The summed E-state index contributed by atoms with van der Waals surface area (Å²) in [5.74, 6) is -0.273. The van der Waals surface area contributed by atoms with E-state index in [1.807, 2.05) is 31.2 Å². The van der Waals surface area contributed by atoms with Crippen LogP contribution in [0.4, 0.5) is 5.69 Å². The minimum absolute atomic E-state index is 0.142. The van der Waals surface area contributed by atoms with Crippen molar-refractivity contribution in [3.8, 4) is 0 Å². The highest BCUT2D eigenvalue weighted by Crippen LogP contribution is 2.14. The van der Waals surface area contributed by atoms with E-state index in [9.17, 15) is 13.2 Å². The Labute approximate surface area is 136 Å². The van der Waals surface area contributed by atoms with Crippen LogP contribution in [0.25, 0.3) is 0 Å². The number of nitrogens with one attached hydrogen (secondary N) is 2. The van der Waals surface area contributed by atoms with E-state index in [0.717, 1.165) is 17.7 Å². The smallest absolute Gasteiger partial charge is 0.255 e. The average molecular weight is 332 g/mol. The third-order valence-corrected chi connectivity index (χ3v) is 4.92. The molecule has 1 amide bonds. The molecule has 0 spiro atoms. The van der Waals surface area contributed by atoms with Crippen molar-refractivity contribution < 1.29 is 13.2 Å². The number of rotatable bonds is 6. The molecule has 2 N–H and O–H groups in total.